The highest BCUT2D eigenvalue weighted by atomic mass is 16.4. The van der Waals surface area contributed by atoms with Crippen molar-refractivity contribution in [3.05, 3.63) is 41.9 Å². The number of carboxylic acid groups (broad SMARTS) is 1. The highest BCUT2D eigenvalue weighted by molar-refractivity contribution is 6.00. The first-order valence-corrected chi connectivity index (χ1v) is 5.65. The Morgan fingerprint density at radius 2 is 2.21 bits per heavy atom. The van der Waals surface area contributed by atoms with Crippen molar-refractivity contribution in [2.75, 3.05) is 0 Å². The maximum absolute atomic E-state index is 11.1. The van der Waals surface area contributed by atoms with Crippen molar-refractivity contribution in [2.45, 2.75) is 6.92 Å². The lowest BCUT2D eigenvalue weighted by atomic mass is 10.2. The van der Waals surface area contributed by atoms with Gasteiger partial charge in [-0.05, 0) is 24.6 Å². The summed E-state index contributed by atoms with van der Waals surface area (Å²) >= 11 is 0. The minimum absolute atomic E-state index is 0.157. The van der Waals surface area contributed by atoms with E-state index in [1.54, 1.807) is 12.4 Å². The lowest BCUT2D eigenvalue weighted by Gasteiger charge is -1.97. The molecule has 0 radical (unpaired) electrons. The van der Waals surface area contributed by atoms with Crippen molar-refractivity contribution >= 4 is 17.1 Å². The number of rotatable bonds is 2. The minimum atomic E-state index is -1.01. The number of fused-ring (bicyclic) bond motifs is 1. The summed E-state index contributed by atoms with van der Waals surface area (Å²) in [6.07, 6.45) is 4.85. The van der Waals surface area contributed by atoms with E-state index in [1.807, 2.05) is 13.0 Å². The van der Waals surface area contributed by atoms with Crippen LogP contribution in [0.5, 0.6) is 0 Å². The van der Waals surface area contributed by atoms with Crippen molar-refractivity contribution in [3.63, 3.8) is 0 Å². The monoisotopic (exact) mass is 254 g/mol. The van der Waals surface area contributed by atoms with E-state index in [2.05, 4.69) is 19.9 Å². The molecule has 0 fully saturated rings. The third kappa shape index (κ3) is 1.93. The van der Waals surface area contributed by atoms with Crippen LogP contribution in [0.25, 0.3) is 22.6 Å². The van der Waals surface area contributed by atoms with Crippen molar-refractivity contribution in [2.24, 2.45) is 0 Å². The molecule has 19 heavy (non-hydrogen) atoms. The molecule has 0 saturated carbocycles. The number of aromatic amines is 1. The molecule has 3 aromatic heterocycles. The third-order valence-electron chi connectivity index (χ3n) is 2.77. The van der Waals surface area contributed by atoms with Crippen LogP contribution in [0.1, 0.15) is 15.9 Å². The second-order valence-corrected chi connectivity index (χ2v) is 4.20. The van der Waals surface area contributed by atoms with Crippen molar-refractivity contribution in [1.82, 2.24) is 19.9 Å². The normalized spacial score (nSPS) is 10.8. The van der Waals surface area contributed by atoms with Crippen LogP contribution in [0.2, 0.25) is 0 Å². The standard InChI is InChI=1S/C13H10N4O2/c1-7-4-8(6-14-5-7)11-16-10-9(13(18)19)2-3-15-12(10)17-11/h2-6H,1H3,(H,18,19)(H,15,16,17). The Labute approximate surface area is 108 Å². The number of carboxylic acids is 1. The Morgan fingerprint density at radius 3 is 2.95 bits per heavy atom. The van der Waals surface area contributed by atoms with Gasteiger partial charge in [0, 0.05) is 24.2 Å². The molecule has 0 bridgehead atoms. The van der Waals surface area contributed by atoms with Crippen molar-refractivity contribution in [1.29, 1.82) is 0 Å². The SMILES string of the molecule is Cc1cncc(-c2nc3nccc(C(=O)O)c3[nH]2)c1. The number of pyridine rings is 2. The van der Waals surface area contributed by atoms with Crippen LogP contribution in [0.3, 0.4) is 0 Å². The fourth-order valence-corrected chi connectivity index (χ4v) is 1.91. The number of imidazole rings is 1. The lowest BCUT2D eigenvalue weighted by Crippen LogP contribution is -1.97. The first kappa shape index (κ1) is 11.3. The highest BCUT2D eigenvalue weighted by Crippen LogP contribution is 2.21. The fraction of sp³-hybridized carbons (Fsp3) is 0.0769. The van der Waals surface area contributed by atoms with Crippen molar-refractivity contribution < 1.29 is 9.90 Å². The molecular formula is C13H10N4O2. The first-order valence-electron chi connectivity index (χ1n) is 5.65. The van der Waals surface area contributed by atoms with Gasteiger partial charge in [-0.2, -0.15) is 0 Å². The van der Waals surface area contributed by atoms with Gasteiger partial charge in [-0.15, -0.1) is 0 Å². The fourth-order valence-electron chi connectivity index (χ4n) is 1.91. The zero-order valence-corrected chi connectivity index (χ0v) is 10.1. The first-order chi connectivity index (χ1) is 9.15. The zero-order valence-electron chi connectivity index (χ0n) is 10.1. The van der Waals surface area contributed by atoms with Gasteiger partial charge in [0.2, 0.25) is 0 Å². The van der Waals surface area contributed by atoms with E-state index in [-0.39, 0.29) is 5.56 Å². The smallest absolute Gasteiger partial charge is 0.338 e. The summed E-state index contributed by atoms with van der Waals surface area (Å²) in [5, 5.41) is 9.12. The quantitative estimate of drug-likeness (QED) is 0.730. The van der Waals surface area contributed by atoms with Crippen molar-refractivity contribution in [3.8, 4) is 11.4 Å². The average Bonchev–Trinajstić information content (AvgIpc) is 2.82. The molecule has 0 aliphatic carbocycles. The number of hydrogen-bond acceptors (Lipinski definition) is 4. The summed E-state index contributed by atoms with van der Waals surface area (Å²) in [6, 6.07) is 3.37. The van der Waals surface area contributed by atoms with Gasteiger partial charge in [0.15, 0.2) is 5.65 Å². The molecule has 0 amide bonds. The van der Waals surface area contributed by atoms with E-state index in [0.29, 0.717) is 17.0 Å². The molecule has 3 heterocycles. The molecule has 2 N–H and O–H groups in total. The second kappa shape index (κ2) is 4.16. The molecule has 6 nitrogen and oxygen atoms in total. The van der Waals surface area contributed by atoms with E-state index in [4.69, 9.17) is 5.11 Å². The number of aromatic carboxylic acids is 1. The number of carbonyl (C=O) groups is 1. The van der Waals surface area contributed by atoms with E-state index >= 15 is 0 Å². The number of aryl methyl sites for hydroxylation is 1. The number of hydrogen-bond donors (Lipinski definition) is 2. The Kier molecular flexibility index (Phi) is 2.49. The third-order valence-corrected chi connectivity index (χ3v) is 2.77. The summed E-state index contributed by atoms with van der Waals surface area (Å²) in [4.78, 5) is 26.6. The Balaban J connectivity index is 2.22. The molecule has 0 saturated heterocycles. The lowest BCUT2D eigenvalue weighted by molar-refractivity contribution is 0.0699. The summed E-state index contributed by atoms with van der Waals surface area (Å²) < 4.78 is 0. The second-order valence-electron chi connectivity index (χ2n) is 4.20. The molecular weight excluding hydrogens is 244 g/mol. The predicted octanol–water partition coefficient (Wildman–Crippen LogP) is 2.03. The molecule has 3 rings (SSSR count). The number of nitrogens with one attached hydrogen (secondary N) is 1. The van der Waals surface area contributed by atoms with Gasteiger partial charge in [-0.3, -0.25) is 4.98 Å². The van der Waals surface area contributed by atoms with Gasteiger partial charge in [-0.1, -0.05) is 0 Å². The maximum Gasteiger partial charge on any atom is 0.338 e. The molecule has 6 heteroatoms. The number of aromatic nitrogens is 4. The van der Waals surface area contributed by atoms with Gasteiger partial charge < -0.3 is 10.1 Å². The number of H-pyrrole nitrogens is 1. The van der Waals surface area contributed by atoms with Gasteiger partial charge >= 0.3 is 5.97 Å². The molecule has 0 aliphatic heterocycles. The van der Waals surface area contributed by atoms with Gasteiger partial charge in [0.1, 0.15) is 5.82 Å². The molecule has 0 atom stereocenters. The van der Waals surface area contributed by atoms with E-state index in [0.717, 1.165) is 11.1 Å². The van der Waals surface area contributed by atoms with E-state index in [1.165, 1.54) is 12.3 Å². The Hall–Kier alpha value is -2.76. The van der Waals surface area contributed by atoms with Crippen LogP contribution in [-0.4, -0.2) is 31.0 Å². The molecule has 3 aromatic rings. The Bertz CT molecular complexity index is 779. The molecule has 0 aliphatic rings. The summed E-state index contributed by atoms with van der Waals surface area (Å²) in [6.45, 7) is 1.93. The molecule has 0 unspecified atom stereocenters. The minimum Gasteiger partial charge on any atom is -0.478 e. The summed E-state index contributed by atoms with van der Waals surface area (Å²) in [5.41, 5.74) is 2.77. The molecule has 0 spiro atoms. The van der Waals surface area contributed by atoms with Gasteiger partial charge in [0.05, 0.1) is 11.1 Å². The number of nitrogens with zero attached hydrogens (tertiary/aromatic N) is 3. The van der Waals surface area contributed by atoms with E-state index in [9.17, 15) is 4.79 Å². The van der Waals surface area contributed by atoms with Crippen LogP contribution < -0.4 is 0 Å². The zero-order chi connectivity index (χ0) is 13.4. The summed E-state index contributed by atoms with van der Waals surface area (Å²) in [7, 11) is 0. The topological polar surface area (TPSA) is 91.8 Å². The van der Waals surface area contributed by atoms with Gasteiger partial charge in [0.25, 0.3) is 0 Å². The predicted molar refractivity (Wildman–Crippen MR) is 68.8 cm³/mol. The maximum atomic E-state index is 11.1. The van der Waals surface area contributed by atoms with E-state index < -0.39 is 5.97 Å². The Morgan fingerprint density at radius 1 is 1.37 bits per heavy atom. The van der Waals surface area contributed by atoms with Crippen LogP contribution in [0.15, 0.2) is 30.7 Å². The summed E-state index contributed by atoms with van der Waals surface area (Å²) in [5.74, 6) is -0.447. The van der Waals surface area contributed by atoms with Crippen LogP contribution in [-0.2, 0) is 0 Å². The van der Waals surface area contributed by atoms with Gasteiger partial charge in [-0.25, -0.2) is 14.8 Å². The molecule has 0 aromatic carbocycles. The highest BCUT2D eigenvalue weighted by Gasteiger charge is 2.14. The largest absolute Gasteiger partial charge is 0.478 e. The van der Waals surface area contributed by atoms with Crippen LogP contribution in [0.4, 0.5) is 0 Å². The van der Waals surface area contributed by atoms with Crippen LogP contribution in [0, 0.1) is 6.92 Å². The average molecular weight is 254 g/mol. The van der Waals surface area contributed by atoms with Crippen LogP contribution >= 0.6 is 0 Å². The molecule has 94 valence electrons.